The van der Waals surface area contributed by atoms with Crippen LogP contribution in [0.2, 0.25) is 0 Å². The van der Waals surface area contributed by atoms with E-state index in [2.05, 4.69) is 0 Å². The minimum absolute atomic E-state index is 3.12. The lowest BCUT2D eigenvalue weighted by atomic mass is 14.0. The first-order valence-corrected chi connectivity index (χ1v) is 1.73. The summed E-state index contributed by atoms with van der Waals surface area (Å²) in [4.78, 5) is 0. The average molecular weight is 83.1 g/mol. The highest BCUT2D eigenvalue weighted by Crippen LogP contribution is 1.52. The zero-order valence-electron chi connectivity index (χ0n) is 1.73. The number of thiol groups is 1. The Morgan fingerprint density at radius 1 is 2.00 bits per heavy atom. The molecule has 0 heterocycles. The molecule has 0 saturated heterocycles. The second kappa shape index (κ2) is 1.23. The topological polar surface area (TPSA) is 40.9 Å². The van der Waals surface area contributed by atoms with Gasteiger partial charge < -0.3 is 0 Å². The Morgan fingerprint density at radius 2 is 2.00 bits per heavy atom. The summed E-state index contributed by atoms with van der Waals surface area (Å²) in [6.45, 7) is 0. The molecule has 2 nitrogen and oxygen atoms in total. The van der Waals surface area contributed by atoms with Gasteiger partial charge in [0.25, 0.3) is 0 Å². The summed E-state index contributed by atoms with van der Waals surface area (Å²) in [7, 11) is -3.12. The van der Waals surface area contributed by atoms with Gasteiger partial charge in [-0.3, -0.25) is 0 Å². The monoisotopic (exact) mass is 83.0 g/mol. The van der Waals surface area contributed by atoms with Gasteiger partial charge in [0, 0.05) is 0 Å². The van der Waals surface area contributed by atoms with Gasteiger partial charge in [-0.15, -0.1) is 3.89 Å². The molecule has 1 N–H and O–H groups in total. The molecule has 4 heavy (non-hydrogen) atoms. The molecular formula is H2FNOS. The fourth-order valence-corrected chi connectivity index (χ4v) is 0. The van der Waals surface area contributed by atoms with Crippen LogP contribution in [-0.2, 0) is 11.0 Å². The number of rotatable bonds is 0. The molecule has 1 unspecified atom stereocenters. The Labute approximate surface area is 24.9 Å². The molecule has 0 aliphatic rings. The first-order valence-electron chi connectivity index (χ1n) is 0.575. The van der Waals surface area contributed by atoms with Crippen molar-refractivity contribution in [3.05, 3.63) is 0 Å². The van der Waals surface area contributed by atoms with Crippen molar-refractivity contribution in [1.82, 2.24) is 0 Å². The third-order valence-corrected chi connectivity index (χ3v) is 0. The number of nitrogens with one attached hydrogen (secondary N) is 1. The zero-order valence-corrected chi connectivity index (χ0v) is 2.63. The van der Waals surface area contributed by atoms with Gasteiger partial charge in [-0.05, 0) is 0 Å². The van der Waals surface area contributed by atoms with E-state index in [9.17, 15) is 3.89 Å². The van der Waals surface area contributed by atoms with Gasteiger partial charge in [0.05, 0.1) is 0 Å². The molecular weight excluding hydrogens is 81.1 g/mol. The van der Waals surface area contributed by atoms with E-state index in [4.69, 9.17) is 8.99 Å². The number of hydrogen-bond acceptors (Lipinski definition) is 2. The van der Waals surface area contributed by atoms with Crippen LogP contribution in [0.3, 0.4) is 0 Å². The van der Waals surface area contributed by atoms with Crippen LogP contribution in [0.4, 0.5) is 3.89 Å². The lowest BCUT2D eigenvalue weighted by Crippen LogP contribution is -1.38. The van der Waals surface area contributed by atoms with Crippen molar-refractivity contribution < 1.29 is 8.09 Å². The van der Waals surface area contributed by atoms with Crippen molar-refractivity contribution in [3.8, 4) is 0 Å². The highest BCUT2D eigenvalue weighted by molar-refractivity contribution is 7.67. The molecule has 0 aromatic rings. The predicted molar refractivity (Wildman–Crippen MR) is 13.4 cm³/mol. The Balaban J connectivity index is 3.51. The van der Waals surface area contributed by atoms with E-state index in [0.717, 1.165) is 0 Å². The second-order valence-corrected chi connectivity index (χ2v) is 0.734. The largest absolute Gasteiger partial charge is 0.229 e. The first-order chi connectivity index (χ1) is 1.73. The molecule has 4 heteroatoms. The predicted octanol–water partition coefficient (Wildman–Crippen LogP) is 0.114. The third kappa shape index (κ3) is 101. The van der Waals surface area contributed by atoms with Crippen molar-refractivity contribution in [2.45, 2.75) is 0 Å². The van der Waals surface area contributed by atoms with E-state index in [1.165, 1.54) is 0 Å². The summed E-state index contributed by atoms with van der Waals surface area (Å²) in [6, 6.07) is 0. The van der Waals surface area contributed by atoms with Gasteiger partial charge in [-0.2, -0.15) is 0 Å². The van der Waals surface area contributed by atoms with E-state index in [0.29, 0.717) is 0 Å². The summed E-state index contributed by atoms with van der Waals surface area (Å²) in [6.07, 6.45) is 0. The molecule has 0 aliphatic carbocycles. The lowest BCUT2D eigenvalue weighted by molar-refractivity contribution is 0.655. The Hall–Kier alpha value is -0.120. The van der Waals surface area contributed by atoms with E-state index in [-0.39, 0.29) is 0 Å². The summed E-state index contributed by atoms with van der Waals surface area (Å²) in [5, 5.41) is 0. The molecule has 0 rings (SSSR count). The Kier molecular flexibility index (Phi) is 1.19. The molecule has 0 radical (unpaired) electrons. The molecule has 0 aliphatic heterocycles. The van der Waals surface area contributed by atoms with Crippen LogP contribution in [0.25, 0.3) is 0 Å². The standard InChI is InChI=1S/FH2NOS/c1-4(2)3/h2,4H. The summed E-state index contributed by atoms with van der Waals surface area (Å²) in [5.41, 5.74) is 0. The SMILES string of the molecule is N=[SH](=O)F. The normalized spacial score (nSPS) is 15.2. The van der Waals surface area contributed by atoms with Crippen LogP contribution >= 0.6 is 0 Å². The molecule has 26 valence electrons. The second-order valence-electron chi connectivity index (χ2n) is 0.245. The van der Waals surface area contributed by atoms with Crippen LogP contribution < -0.4 is 0 Å². The van der Waals surface area contributed by atoms with Gasteiger partial charge in [0.15, 0.2) is 11.0 Å². The average Bonchev–Trinajstić information content (AvgIpc) is 0.811. The van der Waals surface area contributed by atoms with Gasteiger partial charge in [0.1, 0.15) is 0 Å². The summed E-state index contributed by atoms with van der Waals surface area (Å²) < 4.78 is 24.2. The molecule has 0 aromatic heterocycles. The van der Waals surface area contributed by atoms with Crippen molar-refractivity contribution >= 4 is 11.0 Å². The maximum atomic E-state index is 10.2. The van der Waals surface area contributed by atoms with Crippen molar-refractivity contribution in [1.29, 1.82) is 4.78 Å². The van der Waals surface area contributed by atoms with Crippen LogP contribution in [0.5, 0.6) is 0 Å². The molecule has 0 amide bonds. The Bertz CT molecular complexity index is 56.4. The molecule has 0 aromatic carbocycles. The number of halogens is 1. The van der Waals surface area contributed by atoms with Gasteiger partial charge in [0.2, 0.25) is 0 Å². The van der Waals surface area contributed by atoms with Crippen LogP contribution in [0.15, 0.2) is 0 Å². The van der Waals surface area contributed by atoms with E-state index >= 15 is 0 Å². The molecule has 0 saturated carbocycles. The molecule has 0 bridgehead atoms. The maximum absolute atomic E-state index is 10.2. The smallest absolute Gasteiger partial charge is 0.188 e. The quantitative estimate of drug-likeness (QED) is 0.317. The summed E-state index contributed by atoms with van der Waals surface area (Å²) >= 11 is 0. The highest BCUT2D eigenvalue weighted by atomic mass is 32.2. The number of hydrogen-bond donors (Lipinski definition) is 2. The van der Waals surface area contributed by atoms with Crippen molar-refractivity contribution in [2.24, 2.45) is 0 Å². The van der Waals surface area contributed by atoms with Crippen LogP contribution in [-0.4, -0.2) is 4.21 Å². The van der Waals surface area contributed by atoms with Crippen LogP contribution in [0.1, 0.15) is 0 Å². The molecule has 1 atom stereocenters. The first kappa shape index (κ1) is 3.88. The third-order valence-electron chi connectivity index (χ3n) is 0. The minimum atomic E-state index is -3.12. The van der Waals surface area contributed by atoms with Gasteiger partial charge in [-0.25, -0.2) is 8.99 Å². The maximum Gasteiger partial charge on any atom is 0.188 e. The van der Waals surface area contributed by atoms with E-state index in [1.54, 1.807) is 0 Å². The van der Waals surface area contributed by atoms with Gasteiger partial charge in [-0.1, -0.05) is 0 Å². The summed E-state index contributed by atoms with van der Waals surface area (Å²) in [5.74, 6) is 0. The zero-order chi connectivity index (χ0) is 3.58. The fourth-order valence-electron chi connectivity index (χ4n) is 0. The lowest BCUT2D eigenvalue weighted by Gasteiger charge is -1.42. The minimum Gasteiger partial charge on any atom is -0.229 e. The van der Waals surface area contributed by atoms with E-state index < -0.39 is 11.0 Å². The van der Waals surface area contributed by atoms with Crippen LogP contribution in [0, 0.1) is 4.78 Å². The Morgan fingerprint density at radius 3 is 2.00 bits per heavy atom. The van der Waals surface area contributed by atoms with E-state index in [1.807, 2.05) is 0 Å². The molecule has 0 fully saturated rings. The fraction of sp³-hybridized carbons (Fsp3) is 0. The molecule has 0 spiro atoms. The highest BCUT2D eigenvalue weighted by Gasteiger charge is 1.43. The van der Waals surface area contributed by atoms with Crippen molar-refractivity contribution in [3.63, 3.8) is 0 Å². The van der Waals surface area contributed by atoms with Gasteiger partial charge >= 0.3 is 0 Å². The van der Waals surface area contributed by atoms with Crippen molar-refractivity contribution in [2.75, 3.05) is 0 Å².